The summed E-state index contributed by atoms with van der Waals surface area (Å²) in [6.07, 6.45) is 3.58. The van der Waals surface area contributed by atoms with Crippen LogP contribution >= 0.6 is 0 Å². The Bertz CT molecular complexity index is 1190. The van der Waals surface area contributed by atoms with E-state index >= 15 is 0 Å². The third kappa shape index (κ3) is 1.93. The Morgan fingerprint density at radius 2 is 1.67 bits per heavy atom. The van der Waals surface area contributed by atoms with Crippen LogP contribution in [0.25, 0.3) is 34.1 Å². The highest BCUT2D eigenvalue weighted by atomic mass is 16.3. The molecule has 0 radical (unpaired) electrons. The summed E-state index contributed by atoms with van der Waals surface area (Å²) in [5.41, 5.74) is 3.91. The number of benzene rings is 2. The molecular weight excluding hydrogens is 298 g/mol. The number of aromatic nitrogens is 3. The van der Waals surface area contributed by atoms with E-state index in [0.29, 0.717) is 0 Å². The van der Waals surface area contributed by atoms with Crippen LogP contribution in [0.5, 0.6) is 0 Å². The minimum atomic E-state index is 0.765. The zero-order chi connectivity index (χ0) is 15.9. The van der Waals surface area contributed by atoms with Crippen LogP contribution in [-0.2, 0) is 0 Å². The molecule has 0 saturated heterocycles. The second kappa shape index (κ2) is 5.06. The van der Waals surface area contributed by atoms with Crippen molar-refractivity contribution >= 4 is 22.8 Å². The van der Waals surface area contributed by atoms with Crippen LogP contribution in [0.4, 0.5) is 0 Å². The molecule has 4 heteroatoms. The highest BCUT2D eigenvalue weighted by molar-refractivity contribution is 5.83. The van der Waals surface area contributed by atoms with Gasteiger partial charge in [-0.05, 0) is 24.3 Å². The number of imidazole rings is 2. The predicted molar refractivity (Wildman–Crippen MR) is 93.4 cm³/mol. The standard InChI is InChI=1S/C20H13N3O/c1-2-7-14(8-3-1)19-22-17(13-15-9-6-12-24-15)20-21-16-10-4-5-11-18(16)23(19)20/h1-13H/b17-13-. The van der Waals surface area contributed by atoms with Gasteiger partial charge >= 0.3 is 0 Å². The van der Waals surface area contributed by atoms with Gasteiger partial charge in [-0.15, -0.1) is 0 Å². The van der Waals surface area contributed by atoms with Crippen molar-refractivity contribution in [2.24, 2.45) is 0 Å². The summed E-state index contributed by atoms with van der Waals surface area (Å²) in [5, 5.41) is 0.806. The van der Waals surface area contributed by atoms with E-state index in [0.717, 1.165) is 39.2 Å². The molecule has 0 fully saturated rings. The van der Waals surface area contributed by atoms with Crippen molar-refractivity contribution in [3.05, 3.63) is 84.1 Å². The molecule has 0 unspecified atom stereocenters. The number of furan rings is 1. The molecule has 114 valence electrons. The van der Waals surface area contributed by atoms with Crippen LogP contribution < -0.4 is 5.35 Å². The molecule has 0 amide bonds. The normalized spacial score (nSPS) is 12.4. The second-order valence-electron chi connectivity index (χ2n) is 5.61. The van der Waals surface area contributed by atoms with E-state index in [1.807, 2.05) is 54.6 Å². The number of para-hydroxylation sites is 2. The monoisotopic (exact) mass is 311 g/mol. The van der Waals surface area contributed by atoms with E-state index in [-0.39, 0.29) is 0 Å². The fraction of sp³-hybridized carbons (Fsp3) is 0. The van der Waals surface area contributed by atoms with E-state index in [1.165, 1.54) is 0 Å². The van der Waals surface area contributed by atoms with Crippen LogP contribution in [0.15, 0.2) is 77.4 Å². The summed E-state index contributed by atoms with van der Waals surface area (Å²) in [6, 6.07) is 22.1. The minimum Gasteiger partial charge on any atom is -0.465 e. The molecule has 0 aliphatic carbocycles. The van der Waals surface area contributed by atoms with Crippen LogP contribution in [0.3, 0.4) is 0 Å². The van der Waals surface area contributed by atoms with E-state index < -0.39 is 0 Å². The van der Waals surface area contributed by atoms with E-state index in [2.05, 4.69) is 22.6 Å². The fourth-order valence-electron chi connectivity index (χ4n) is 3.01. The molecule has 3 aromatic heterocycles. The number of fused-ring (bicyclic) bond motifs is 3. The molecule has 4 nitrogen and oxygen atoms in total. The predicted octanol–water partition coefficient (Wildman–Crippen LogP) is 3.69. The van der Waals surface area contributed by atoms with Crippen molar-refractivity contribution in [1.82, 2.24) is 14.4 Å². The minimum absolute atomic E-state index is 0.765. The third-order valence-electron chi connectivity index (χ3n) is 4.08. The lowest BCUT2D eigenvalue weighted by Gasteiger charge is -1.99. The molecule has 0 atom stereocenters. The molecule has 5 aromatic rings. The SMILES string of the molecule is C(/c1ccco1)=c1/nc(-c2ccccc2)n2c1nc1ccccc12. The Kier molecular flexibility index (Phi) is 2.76. The Balaban J connectivity index is 1.92. The Labute approximate surface area is 137 Å². The first-order chi connectivity index (χ1) is 11.9. The summed E-state index contributed by atoms with van der Waals surface area (Å²) < 4.78 is 7.55. The van der Waals surface area contributed by atoms with E-state index in [1.54, 1.807) is 6.26 Å². The van der Waals surface area contributed by atoms with Gasteiger partial charge < -0.3 is 4.42 Å². The lowest BCUT2D eigenvalue weighted by molar-refractivity contribution is 0.556. The molecule has 0 N–H and O–H groups in total. The topological polar surface area (TPSA) is 43.3 Å². The van der Waals surface area contributed by atoms with Gasteiger partial charge in [0.1, 0.15) is 16.9 Å². The first kappa shape index (κ1) is 13.1. The van der Waals surface area contributed by atoms with Gasteiger partial charge in [-0.1, -0.05) is 42.5 Å². The van der Waals surface area contributed by atoms with Gasteiger partial charge in [-0.25, -0.2) is 9.97 Å². The Hall–Kier alpha value is -3.40. The van der Waals surface area contributed by atoms with Gasteiger partial charge in [-0.2, -0.15) is 0 Å². The summed E-state index contributed by atoms with van der Waals surface area (Å²) in [5.74, 6) is 1.65. The molecule has 0 spiro atoms. The van der Waals surface area contributed by atoms with Crippen LogP contribution in [0.2, 0.25) is 0 Å². The average molecular weight is 311 g/mol. The highest BCUT2D eigenvalue weighted by Gasteiger charge is 2.14. The van der Waals surface area contributed by atoms with Gasteiger partial charge in [-0.3, -0.25) is 4.40 Å². The van der Waals surface area contributed by atoms with E-state index in [4.69, 9.17) is 14.4 Å². The highest BCUT2D eigenvalue weighted by Crippen LogP contribution is 2.23. The first-order valence-electron chi connectivity index (χ1n) is 7.78. The van der Waals surface area contributed by atoms with Gasteiger partial charge in [0, 0.05) is 11.6 Å². The lowest BCUT2D eigenvalue weighted by Crippen LogP contribution is -2.02. The van der Waals surface area contributed by atoms with Crippen LogP contribution in [0, 0.1) is 0 Å². The molecule has 3 heterocycles. The van der Waals surface area contributed by atoms with Gasteiger partial charge in [0.25, 0.3) is 0 Å². The number of rotatable bonds is 2. The van der Waals surface area contributed by atoms with Gasteiger partial charge in [0.2, 0.25) is 0 Å². The zero-order valence-corrected chi connectivity index (χ0v) is 12.8. The first-order valence-corrected chi connectivity index (χ1v) is 7.78. The molecule has 24 heavy (non-hydrogen) atoms. The van der Waals surface area contributed by atoms with Gasteiger partial charge in [0.15, 0.2) is 5.65 Å². The number of hydrogen-bond acceptors (Lipinski definition) is 3. The van der Waals surface area contributed by atoms with Crippen molar-refractivity contribution in [3.8, 4) is 11.4 Å². The molecule has 0 saturated carbocycles. The summed E-state index contributed by atoms with van der Waals surface area (Å²) >= 11 is 0. The second-order valence-corrected chi connectivity index (χ2v) is 5.61. The average Bonchev–Trinajstić information content (AvgIpc) is 3.33. The van der Waals surface area contributed by atoms with E-state index in [9.17, 15) is 0 Å². The molecule has 0 bridgehead atoms. The molecule has 5 rings (SSSR count). The number of hydrogen-bond donors (Lipinski definition) is 0. The molecule has 0 aliphatic heterocycles. The van der Waals surface area contributed by atoms with Crippen molar-refractivity contribution < 1.29 is 4.42 Å². The van der Waals surface area contributed by atoms with Crippen molar-refractivity contribution in [2.75, 3.05) is 0 Å². The maximum absolute atomic E-state index is 5.44. The molecule has 2 aromatic carbocycles. The quantitative estimate of drug-likeness (QED) is 0.499. The Morgan fingerprint density at radius 1 is 0.833 bits per heavy atom. The van der Waals surface area contributed by atoms with Gasteiger partial charge in [0.05, 0.1) is 17.3 Å². The maximum atomic E-state index is 5.44. The lowest BCUT2D eigenvalue weighted by atomic mass is 10.2. The summed E-state index contributed by atoms with van der Waals surface area (Å²) in [4.78, 5) is 9.60. The maximum Gasteiger partial charge on any atom is 0.165 e. The Morgan fingerprint density at radius 3 is 2.50 bits per heavy atom. The van der Waals surface area contributed by atoms with Crippen molar-refractivity contribution in [3.63, 3.8) is 0 Å². The summed E-state index contributed by atoms with van der Waals surface area (Å²) in [7, 11) is 0. The molecular formula is C20H13N3O. The smallest absolute Gasteiger partial charge is 0.165 e. The largest absolute Gasteiger partial charge is 0.465 e. The summed E-state index contributed by atoms with van der Waals surface area (Å²) in [6.45, 7) is 0. The van der Waals surface area contributed by atoms with Crippen LogP contribution in [-0.4, -0.2) is 14.4 Å². The molecule has 0 aliphatic rings. The van der Waals surface area contributed by atoms with Crippen molar-refractivity contribution in [1.29, 1.82) is 0 Å². The third-order valence-corrected chi connectivity index (χ3v) is 4.08. The fourth-order valence-corrected chi connectivity index (χ4v) is 3.01. The zero-order valence-electron chi connectivity index (χ0n) is 12.8. The van der Waals surface area contributed by atoms with Crippen molar-refractivity contribution in [2.45, 2.75) is 0 Å². The number of nitrogens with zero attached hydrogens (tertiary/aromatic N) is 3. The van der Waals surface area contributed by atoms with Crippen LogP contribution in [0.1, 0.15) is 5.76 Å².